The van der Waals surface area contributed by atoms with Crippen LogP contribution in [0.2, 0.25) is 0 Å². The first-order valence-corrected chi connectivity index (χ1v) is 6.80. The molecule has 15 heavy (non-hydrogen) atoms. The number of carbonyl (C=O) groups excluding carboxylic acids is 1. The SMILES string of the molecule is CC(=O)[C@H]1CCC2C(=CBr)CCC[C@@]21C. The quantitative estimate of drug-likeness (QED) is 0.702. The van der Waals surface area contributed by atoms with Crippen LogP contribution in [0.25, 0.3) is 0 Å². The Kier molecular flexibility index (Phi) is 3.07. The summed E-state index contributed by atoms with van der Waals surface area (Å²) in [6.07, 6.45) is 6.00. The summed E-state index contributed by atoms with van der Waals surface area (Å²) in [5.41, 5.74) is 1.79. The molecule has 2 fully saturated rings. The summed E-state index contributed by atoms with van der Waals surface area (Å²) in [6, 6.07) is 0. The fourth-order valence-electron chi connectivity index (χ4n) is 3.84. The van der Waals surface area contributed by atoms with Gasteiger partial charge in [-0.1, -0.05) is 28.4 Å². The first kappa shape index (κ1) is 11.4. The molecule has 2 aliphatic rings. The predicted octanol–water partition coefficient (Wildman–Crippen LogP) is 4.07. The summed E-state index contributed by atoms with van der Waals surface area (Å²) in [5, 5.41) is 0. The van der Waals surface area contributed by atoms with Gasteiger partial charge < -0.3 is 0 Å². The summed E-state index contributed by atoms with van der Waals surface area (Å²) in [7, 11) is 0. The zero-order valence-electron chi connectivity index (χ0n) is 9.55. The number of halogens is 1. The highest BCUT2D eigenvalue weighted by Crippen LogP contribution is 2.57. The van der Waals surface area contributed by atoms with Gasteiger partial charge in [0.05, 0.1) is 0 Å². The smallest absolute Gasteiger partial charge is 0.133 e. The minimum Gasteiger partial charge on any atom is -0.300 e. The summed E-state index contributed by atoms with van der Waals surface area (Å²) in [6.45, 7) is 4.09. The standard InChI is InChI=1S/C13H19BrO/c1-9(15)11-5-6-12-10(8-14)4-3-7-13(11,12)2/h8,11-12H,3-7H2,1-2H3/t11-,12?,13-/m1/s1. The van der Waals surface area contributed by atoms with E-state index in [4.69, 9.17) is 0 Å². The van der Waals surface area contributed by atoms with Crippen molar-refractivity contribution in [2.75, 3.05) is 0 Å². The lowest BCUT2D eigenvalue weighted by Gasteiger charge is -2.41. The molecule has 0 spiro atoms. The van der Waals surface area contributed by atoms with Gasteiger partial charge in [0.2, 0.25) is 0 Å². The summed E-state index contributed by atoms with van der Waals surface area (Å²) in [4.78, 5) is 13.8. The molecule has 0 saturated heterocycles. The molecule has 0 aromatic rings. The third-order valence-corrected chi connectivity index (χ3v) is 5.18. The average Bonchev–Trinajstić information content (AvgIpc) is 2.54. The number of hydrogen-bond donors (Lipinski definition) is 0. The second kappa shape index (κ2) is 4.04. The van der Waals surface area contributed by atoms with Gasteiger partial charge in [0.1, 0.15) is 5.78 Å². The molecule has 0 aromatic carbocycles. The molecule has 0 N–H and O–H groups in total. The lowest BCUT2D eigenvalue weighted by atomic mass is 9.63. The van der Waals surface area contributed by atoms with Crippen LogP contribution in [0.1, 0.15) is 46.0 Å². The number of hydrogen-bond acceptors (Lipinski definition) is 1. The third kappa shape index (κ3) is 1.71. The van der Waals surface area contributed by atoms with Crippen LogP contribution >= 0.6 is 15.9 Å². The van der Waals surface area contributed by atoms with Crippen molar-refractivity contribution in [3.8, 4) is 0 Å². The summed E-state index contributed by atoms with van der Waals surface area (Å²) >= 11 is 3.48. The number of Topliss-reactive ketones (excluding diaryl/α,β-unsaturated/α-hetero) is 1. The van der Waals surface area contributed by atoms with Crippen molar-refractivity contribution in [1.82, 2.24) is 0 Å². The van der Waals surface area contributed by atoms with Crippen molar-refractivity contribution < 1.29 is 4.79 Å². The van der Waals surface area contributed by atoms with Crippen LogP contribution in [0, 0.1) is 17.3 Å². The molecule has 0 aliphatic heterocycles. The van der Waals surface area contributed by atoms with E-state index in [1.807, 2.05) is 0 Å². The van der Waals surface area contributed by atoms with Gasteiger partial charge >= 0.3 is 0 Å². The molecular formula is C13H19BrO. The van der Waals surface area contributed by atoms with Crippen LogP contribution < -0.4 is 0 Å². The van der Waals surface area contributed by atoms with E-state index in [0.717, 1.165) is 6.42 Å². The van der Waals surface area contributed by atoms with Crippen LogP contribution in [0.4, 0.5) is 0 Å². The Bertz CT molecular complexity index is 308. The summed E-state index contributed by atoms with van der Waals surface area (Å²) in [5.74, 6) is 1.36. The fraction of sp³-hybridized carbons (Fsp3) is 0.769. The Balaban J connectivity index is 2.31. The van der Waals surface area contributed by atoms with Gasteiger partial charge in [-0.15, -0.1) is 0 Å². The largest absolute Gasteiger partial charge is 0.300 e. The van der Waals surface area contributed by atoms with Gasteiger partial charge in [-0.25, -0.2) is 0 Å². The van der Waals surface area contributed by atoms with Gasteiger partial charge in [0, 0.05) is 5.92 Å². The highest BCUT2D eigenvalue weighted by atomic mass is 79.9. The normalized spacial score (nSPS) is 43.0. The highest BCUT2D eigenvalue weighted by Gasteiger charge is 2.50. The molecule has 0 radical (unpaired) electrons. The van der Waals surface area contributed by atoms with E-state index < -0.39 is 0 Å². The van der Waals surface area contributed by atoms with E-state index >= 15 is 0 Å². The first-order valence-electron chi connectivity index (χ1n) is 5.89. The van der Waals surface area contributed by atoms with E-state index in [-0.39, 0.29) is 5.41 Å². The Morgan fingerprint density at radius 2 is 2.27 bits per heavy atom. The van der Waals surface area contributed by atoms with Crippen molar-refractivity contribution in [3.63, 3.8) is 0 Å². The van der Waals surface area contributed by atoms with Crippen molar-refractivity contribution in [2.24, 2.45) is 17.3 Å². The Hall–Kier alpha value is -0.110. The van der Waals surface area contributed by atoms with Crippen LogP contribution in [0.5, 0.6) is 0 Å². The molecule has 1 unspecified atom stereocenters. The molecule has 0 bridgehead atoms. The van der Waals surface area contributed by atoms with Crippen molar-refractivity contribution >= 4 is 21.7 Å². The molecule has 2 rings (SSSR count). The number of carbonyl (C=O) groups is 1. The number of rotatable bonds is 1. The molecule has 84 valence electrons. The molecule has 0 aromatic heterocycles. The van der Waals surface area contributed by atoms with E-state index in [1.54, 1.807) is 6.92 Å². The first-order chi connectivity index (χ1) is 7.09. The van der Waals surface area contributed by atoms with Crippen molar-refractivity contribution in [1.29, 1.82) is 0 Å². The Morgan fingerprint density at radius 1 is 1.53 bits per heavy atom. The topological polar surface area (TPSA) is 17.1 Å². The minimum atomic E-state index is 0.254. The third-order valence-electron chi connectivity index (χ3n) is 4.60. The van der Waals surface area contributed by atoms with Gasteiger partial charge in [0.15, 0.2) is 0 Å². The van der Waals surface area contributed by atoms with Crippen LogP contribution in [-0.2, 0) is 4.79 Å². The number of ketones is 1. The van der Waals surface area contributed by atoms with E-state index in [0.29, 0.717) is 17.6 Å². The van der Waals surface area contributed by atoms with E-state index in [2.05, 4.69) is 27.8 Å². The zero-order valence-corrected chi connectivity index (χ0v) is 11.1. The van der Waals surface area contributed by atoms with Crippen LogP contribution in [0.3, 0.4) is 0 Å². The molecule has 0 heterocycles. The minimum absolute atomic E-state index is 0.254. The van der Waals surface area contributed by atoms with Gasteiger partial charge in [-0.05, 0) is 55.3 Å². The molecular weight excluding hydrogens is 252 g/mol. The second-order valence-electron chi connectivity index (χ2n) is 5.34. The number of fused-ring (bicyclic) bond motifs is 1. The fourth-order valence-corrected chi connectivity index (χ4v) is 4.39. The van der Waals surface area contributed by atoms with Crippen LogP contribution in [-0.4, -0.2) is 5.78 Å². The average molecular weight is 271 g/mol. The Morgan fingerprint density at radius 3 is 2.87 bits per heavy atom. The second-order valence-corrected chi connectivity index (χ2v) is 5.79. The lowest BCUT2D eigenvalue weighted by Crippen LogP contribution is -2.35. The highest BCUT2D eigenvalue weighted by molar-refractivity contribution is 9.11. The molecule has 2 saturated carbocycles. The monoisotopic (exact) mass is 270 g/mol. The molecule has 1 nitrogen and oxygen atoms in total. The lowest BCUT2D eigenvalue weighted by molar-refractivity contribution is -0.124. The maximum absolute atomic E-state index is 11.7. The van der Waals surface area contributed by atoms with Crippen molar-refractivity contribution in [3.05, 3.63) is 10.6 Å². The van der Waals surface area contributed by atoms with Gasteiger partial charge in [-0.2, -0.15) is 0 Å². The molecule has 2 heteroatoms. The predicted molar refractivity (Wildman–Crippen MR) is 65.9 cm³/mol. The summed E-state index contributed by atoms with van der Waals surface area (Å²) < 4.78 is 0. The maximum atomic E-state index is 11.7. The van der Waals surface area contributed by atoms with E-state index in [9.17, 15) is 4.79 Å². The van der Waals surface area contributed by atoms with Crippen LogP contribution in [0.15, 0.2) is 10.6 Å². The molecule has 0 amide bonds. The number of allylic oxidation sites excluding steroid dienone is 1. The van der Waals surface area contributed by atoms with E-state index in [1.165, 1.54) is 31.3 Å². The van der Waals surface area contributed by atoms with Gasteiger partial charge in [-0.3, -0.25) is 4.79 Å². The maximum Gasteiger partial charge on any atom is 0.133 e. The van der Waals surface area contributed by atoms with Gasteiger partial charge in [0.25, 0.3) is 0 Å². The molecule has 3 atom stereocenters. The van der Waals surface area contributed by atoms with Crippen molar-refractivity contribution in [2.45, 2.75) is 46.0 Å². The Labute approximate surface area is 100 Å². The zero-order chi connectivity index (χ0) is 11.1. The molecule has 2 aliphatic carbocycles.